The lowest BCUT2D eigenvalue weighted by Crippen LogP contribution is -2.00. The molecule has 0 radical (unpaired) electrons. The van der Waals surface area contributed by atoms with Gasteiger partial charge in [0.15, 0.2) is 0 Å². The molecule has 0 aliphatic carbocycles. The van der Waals surface area contributed by atoms with Gasteiger partial charge in [-0.05, 0) is 25.1 Å². The molecule has 4 heteroatoms. The van der Waals surface area contributed by atoms with Gasteiger partial charge in [0, 0.05) is 21.2 Å². The van der Waals surface area contributed by atoms with Crippen LogP contribution in [0.25, 0.3) is 10.1 Å². The van der Waals surface area contributed by atoms with Crippen molar-refractivity contribution in [3.63, 3.8) is 0 Å². The Morgan fingerprint density at radius 1 is 1.21 bits per heavy atom. The van der Waals surface area contributed by atoms with E-state index in [4.69, 9.17) is 11.6 Å². The summed E-state index contributed by atoms with van der Waals surface area (Å²) in [5.74, 6) is 0. The van der Waals surface area contributed by atoms with Crippen LogP contribution in [0.5, 0.6) is 0 Å². The minimum Gasteiger partial charge on any atom is -0.379 e. The number of rotatable bonds is 3. The van der Waals surface area contributed by atoms with Crippen molar-refractivity contribution < 1.29 is 0 Å². The second-order valence-electron chi connectivity index (χ2n) is 4.33. The van der Waals surface area contributed by atoms with Gasteiger partial charge in [-0.2, -0.15) is 0 Å². The summed E-state index contributed by atoms with van der Waals surface area (Å²) in [6.45, 7) is 2.72. The van der Waals surface area contributed by atoms with Gasteiger partial charge >= 0.3 is 0 Å². The highest BCUT2D eigenvalue weighted by Crippen LogP contribution is 2.35. The summed E-state index contributed by atoms with van der Waals surface area (Å²) in [5, 5.41) is 5.38. The summed E-state index contributed by atoms with van der Waals surface area (Å²) >= 11 is 8.15. The Kier molecular flexibility index (Phi) is 3.40. The lowest BCUT2D eigenvalue weighted by molar-refractivity contribution is 1.13. The third kappa shape index (κ3) is 2.44. The van der Waals surface area contributed by atoms with E-state index in [1.54, 1.807) is 17.5 Å². The number of halogens is 1. The number of nitrogens with zero attached hydrogens (tertiary/aromatic N) is 1. The van der Waals surface area contributed by atoms with Gasteiger partial charge < -0.3 is 5.32 Å². The largest absolute Gasteiger partial charge is 0.379 e. The zero-order valence-corrected chi connectivity index (χ0v) is 12.1. The third-order valence-electron chi connectivity index (χ3n) is 3.05. The lowest BCUT2D eigenvalue weighted by Gasteiger charge is -2.07. The minimum absolute atomic E-state index is 0.727. The van der Waals surface area contributed by atoms with E-state index >= 15 is 0 Å². The Morgan fingerprint density at radius 2 is 2.05 bits per heavy atom. The van der Waals surface area contributed by atoms with Crippen LogP contribution in [0.15, 0.2) is 42.6 Å². The third-order valence-corrected chi connectivity index (χ3v) is 4.76. The molecular formula is C15H13ClN2S. The topological polar surface area (TPSA) is 24.9 Å². The van der Waals surface area contributed by atoms with Crippen molar-refractivity contribution in [2.45, 2.75) is 13.5 Å². The van der Waals surface area contributed by atoms with Crippen LogP contribution in [0.4, 0.5) is 5.69 Å². The summed E-state index contributed by atoms with van der Waals surface area (Å²) < 4.78 is 1.23. The summed E-state index contributed by atoms with van der Waals surface area (Å²) in [7, 11) is 0. The molecule has 1 N–H and O–H groups in total. The number of pyridine rings is 1. The molecule has 19 heavy (non-hydrogen) atoms. The highest BCUT2D eigenvalue weighted by Gasteiger charge is 2.09. The van der Waals surface area contributed by atoms with Gasteiger partial charge in [-0.3, -0.25) is 4.98 Å². The number of hydrogen-bond acceptors (Lipinski definition) is 3. The van der Waals surface area contributed by atoms with Gasteiger partial charge in [0.25, 0.3) is 0 Å². The maximum absolute atomic E-state index is 6.42. The van der Waals surface area contributed by atoms with E-state index in [0.29, 0.717) is 0 Å². The molecule has 2 heterocycles. The summed E-state index contributed by atoms with van der Waals surface area (Å²) in [5.41, 5.74) is 2.05. The van der Waals surface area contributed by atoms with Crippen LogP contribution in [0, 0.1) is 6.92 Å². The lowest BCUT2D eigenvalue weighted by atomic mass is 10.2. The number of fused-ring (bicyclic) bond motifs is 1. The molecule has 0 aliphatic heterocycles. The molecule has 1 aromatic carbocycles. The molecule has 3 aromatic rings. The summed E-state index contributed by atoms with van der Waals surface area (Å²) in [6, 6.07) is 12.2. The van der Waals surface area contributed by atoms with Crippen LogP contribution >= 0.6 is 22.9 Å². The van der Waals surface area contributed by atoms with Crippen LogP contribution in [0.1, 0.15) is 10.6 Å². The number of aromatic nitrogens is 1. The molecule has 2 nitrogen and oxygen atoms in total. The van der Waals surface area contributed by atoms with Crippen LogP contribution in [-0.4, -0.2) is 4.98 Å². The molecule has 96 valence electrons. The number of aryl methyl sites for hydroxylation is 1. The highest BCUT2D eigenvalue weighted by molar-refractivity contribution is 7.19. The Morgan fingerprint density at radius 3 is 2.84 bits per heavy atom. The standard InChI is InChI=1S/C15H13ClN2S/c1-10-12(6-4-8-17-10)18-9-14-15(16)11-5-2-3-7-13(11)19-14/h2-8,18H,9H2,1H3. The van der Waals surface area contributed by atoms with Crippen molar-refractivity contribution in [1.29, 1.82) is 0 Å². The molecular weight excluding hydrogens is 276 g/mol. The molecule has 0 bridgehead atoms. The molecule has 0 spiro atoms. The minimum atomic E-state index is 0.727. The van der Waals surface area contributed by atoms with E-state index < -0.39 is 0 Å². The van der Waals surface area contributed by atoms with Crippen LogP contribution in [0.2, 0.25) is 5.02 Å². The number of thiophene rings is 1. The molecule has 0 saturated heterocycles. The van der Waals surface area contributed by atoms with Gasteiger partial charge in [0.2, 0.25) is 0 Å². The Bertz CT molecular complexity index is 721. The molecule has 2 aromatic heterocycles. The van der Waals surface area contributed by atoms with Crippen LogP contribution in [-0.2, 0) is 6.54 Å². The first-order chi connectivity index (χ1) is 9.25. The number of nitrogens with one attached hydrogen (secondary N) is 1. The van der Waals surface area contributed by atoms with Gasteiger partial charge in [-0.1, -0.05) is 29.8 Å². The fraction of sp³-hybridized carbons (Fsp3) is 0.133. The average Bonchev–Trinajstić information content (AvgIpc) is 2.75. The van der Waals surface area contributed by atoms with Gasteiger partial charge in [-0.15, -0.1) is 11.3 Å². The Labute approximate surface area is 121 Å². The van der Waals surface area contributed by atoms with E-state index in [-0.39, 0.29) is 0 Å². The van der Waals surface area contributed by atoms with E-state index in [2.05, 4.69) is 22.4 Å². The van der Waals surface area contributed by atoms with E-state index in [1.807, 2.05) is 31.2 Å². The first-order valence-corrected chi connectivity index (χ1v) is 7.26. The molecule has 0 atom stereocenters. The smallest absolute Gasteiger partial charge is 0.0642 e. The number of hydrogen-bond donors (Lipinski definition) is 1. The summed E-state index contributed by atoms with van der Waals surface area (Å²) in [6.07, 6.45) is 1.80. The molecule has 0 aliphatic rings. The molecule has 0 unspecified atom stereocenters. The second kappa shape index (κ2) is 5.19. The predicted octanol–water partition coefficient (Wildman–Crippen LogP) is 4.87. The number of benzene rings is 1. The van der Waals surface area contributed by atoms with Crippen molar-refractivity contribution in [2.75, 3.05) is 5.32 Å². The maximum Gasteiger partial charge on any atom is 0.0642 e. The fourth-order valence-electron chi connectivity index (χ4n) is 2.02. The Hall–Kier alpha value is -1.58. The second-order valence-corrected chi connectivity index (χ2v) is 5.84. The average molecular weight is 289 g/mol. The normalized spacial score (nSPS) is 10.8. The monoisotopic (exact) mass is 288 g/mol. The predicted molar refractivity (Wildman–Crippen MR) is 83.1 cm³/mol. The fourth-order valence-corrected chi connectivity index (χ4v) is 3.46. The summed E-state index contributed by atoms with van der Waals surface area (Å²) in [4.78, 5) is 5.42. The van der Waals surface area contributed by atoms with Gasteiger partial charge in [0.1, 0.15) is 0 Å². The molecule has 3 rings (SSSR count). The van der Waals surface area contributed by atoms with E-state index in [0.717, 1.165) is 33.2 Å². The molecule has 0 fully saturated rings. The number of anilines is 1. The maximum atomic E-state index is 6.42. The van der Waals surface area contributed by atoms with Gasteiger partial charge in [-0.25, -0.2) is 0 Å². The highest BCUT2D eigenvalue weighted by atomic mass is 35.5. The SMILES string of the molecule is Cc1ncccc1NCc1sc2ccccc2c1Cl. The van der Waals surface area contributed by atoms with E-state index in [1.165, 1.54) is 4.70 Å². The van der Waals surface area contributed by atoms with Crippen LogP contribution in [0.3, 0.4) is 0 Å². The first-order valence-electron chi connectivity index (χ1n) is 6.07. The molecule has 0 saturated carbocycles. The van der Waals surface area contributed by atoms with Crippen molar-refractivity contribution >= 4 is 38.7 Å². The van der Waals surface area contributed by atoms with Gasteiger partial charge in [0.05, 0.1) is 22.9 Å². The van der Waals surface area contributed by atoms with E-state index in [9.17, 15) is 0 Å². The quantitative estimate of drug-likeness (QED) is 0.744. The van der Waals surface area contributed by atoms with Crippen molar-refractivity contribution in [3.05, 3.63) is 58.2 Å². The zero-order valence-electron chi connectivity index (χ0n) is 10.5. The van der Waals surface area contributed by atoms with Crippen molar-refractivity contribution in [2.24, 2.45) is 0 Å². The molecule has 0 amide bonds. The zero-order chi connectivity index (χ0) is 13.2. The Balaban J connectivity index is 1.86. The van der Waals surface area contributed by atoms with Crippen molar-refractivity contribution in [1.82, 2.24) is 4.98 Å². The first kappa shape index (κ1) is 12.5. The van der Waals surface area contributed by atoms with Crippen LogP contribution < -0.4 is 5.32 Å². The van der Waals surface area contributed by atoms with Crippen molar-refractivity contribution in [3.8, 4) is 0 Å².